The first kappa shape index (κ1) is 48.4. The monoisotopic (exact) mass is 985 g/mol. The van der Waals surface area contributed by atoms with Gasteiger partial charge in [0, 0.05) is 93.3 Å². The van der Waals surface area contributed by atoms with E-state index in [-0.39, 0.29) is 47.3 Å². The van der Waals surface area contributed by atoms with Gasteiger partial charge in [0.25, 0.3) is 11.5 Å². The van der Waals surface area contributed by atoms with Crippen LogP contribution in [-0.4, -0.2) is 109 Å². The molecule has 0 radical (unpaired) electrons. The van der Waals surface area contributed by atoms with Crippen LogP contribution < -0.4 is 26.2 Å². The number of benzene rings is 2. The van der Waals surface area contributed by atoms with Crippen molar-refractivity contribution < 1.29 is 32.3 Å². The van der Waals surface area contributed by atoms with Crippen LogP contribution in [0.3, 0.4) is 0 Å². The third kappa shape index (κ3) is 9.26. The van der Waals surface area contributed by atoms with Gasteiger partial charge < -0.3 is 24.8 Å². The fourth-order valence-electron chi connectivity index (χ4n) is 11.0. The number of amides is 3. The number of halogens is 3. The van der Waals surface area contributed by atoms with Crippen molar-refractivity contribution in [1.82, 2.24) is 43.9 Å². The number of methoxy groups -OCH3 is 1. The molecule has 4 aliphatic rings. The van der Waals surface area contributed by atoms with Crippen molar-refractivity contribution in [3.63, 3.8) is 0 Å². The molecule has 3 amide bonds. The third-order valence-corrected chi connectivity index (χ3v) is 15.0. The first-order chi connectivity index (χ1) is 34.7. The number of carbonyl (C=O) groups excluding carboxylic acids is 3. The predicted octanol–water partition coefficient (Wildman–Crippen LogP) is 6.80. The first-order valence-electron chi connectivity index (χ1n) is 24.5. The van der Waals surface area contributed by atoms with Crippen LogP contribution in [0.5, 0.6) is 5.75 Å². The van der Waals surface area contributed by atoms with E-state index in [0.29, 0.717) is 97.1 Å². The van der Waals surface area contributed by atoms with Gasteiger partial charge in [-0.25, -0.2) is 18.2 Å². The van der Waals surface area contributed by atoms with Crippen LogP contribution in [0.4, 0.5) is 24.5 Å². The molecule has 16 nitrogen and oxygen atoms in total. The number of fused-ring (bicyclic) bond motifs is 2. The quantitative estimate of drug-likeness (QED) is 0.111. The molecule has 0 aliphatic carbocycles. The van der Waals surface area contributed by atoms with Gasteiger partial charge in [0.2, 0.25) is 11.8 Å². The van der Waals surface area contributed by atoms with Gasteiger partial charge in [0.1, 0.15) is 29.1 Å². The Balaban J connectivity index is 0.750. The molecular weight excluding hydrogens is 928 g/mol. The highest BCUT2D eigenvalue weighted by molar-refractivity contribution is 6.01. The second-order valence-corrected chi connectivity index (χ2v) is 19.3. The largest absolute Gasteiger partial charge is 0.495 e. The van der Waals surface area contributed by atoms with Gasteiger partial charge in [-0.1, -0.05) is 6.08 Å². The van der Waals surface area contributed by atoms with Gasteiger partial charge in [0.05, 0.1) is 54.8 Å². The van der Waals surface area contributed by atoms with Crippen molar-refractivity contribution >= 4 is 45.7 Å². The lowest BCUT2D eigenvalue weighted by molar-refractivity contribution is -0.133. The van der Waals surface area contributed by atoms with Gasteiger partial charge in [-0.2, -0.15) is 5.10 Å². The van der Waals surface area contributed by atoms with Crippen LogP contribution in [0, 0.1) is 24.4 Å². The fourth-order valence-corrected chi connectivity index (χ4v) is 11.0. The summed E-state index contributed by atoms with van der Waals surface area (Å²) in [6.07, 6.45) is 7.44. The summed E-state index contributed by atoms with van der Waals surface area (Å²) in [5, 5.41) is 13.7. The molecule has 2 atom stereocenters. The van der Waals surface area contributed by atoms with E-state index >= 15 is 8.78 Å². The smallest absolute Gasteiger partial charge is 0.257 e. The number of hydrogen-bond donors (Lipinski definition) is 3. The molecular formula is C53H58F3N11O5. The molecule has 6 aromatic rings. The number of nitrogens with zero attached hydrogens (tertiary/aromatic N) is 8. The first-order valence-corrected chi connectivity index (χ1v) is 24.5. The average molecular weight is 986 g/mol. The standard InChI is InChI=1S/C53H58F3N11O5/c1-30-20-34(21-40(55)50(30)33-11-16-64(17-12-33)31(2)46-23-38-45(8-13-58-51(38)62(46)4)66-29-41(56)43(57-3)26-49(66)69)53(71)65-18-19-67-36(28-65)22-35(61-67)27-63-14-9-32(10-15-63)37-24-47(72-5)44(25-39(37)54)59-42-6-7-48(68)60-52(42)70/h8,11,13,20-26,29,31-32,42,57,59H,6-7,9-10,12,14-19,27-28H2,1-5H3,(H,60,68,70)/t31-,42?/m0/s1. The average Bonchev–Trinajstić information content (AvgIpc) is 3.94. The van der Waals surface area contributed by atoms with Crippen LogP contribution >= 0.6 is 0 Å². The minimum atomic E-state index is -0.661. The number of hydrogen-bond acceptors (Lipinski definition) is 11. The zero-order valence-electron chi connectivity index (χ0n) is 41.0. The number of aryl methyl sites for hydroxylation is 2. The van der Waals surface area contributed by atoms with E-state index < -0.39 is 23.6 Å². The van der Waals surface area contributed by atoms with Crippen molar-refractivity contribution in [2.45, 2.75) is 83.6 Å². The number of imide groups is 1. The maximum atomic E-state index is 16.2. The second-order valence-electron chi connectivity index (χ2n) is 19.3. The zero-order valence-corrected chi connectivity index (χ0v) is 41.0. The molecule has 4 aromatic heterocycles. The van der Waals surface area contributed by atoms with E-state index in [1.54, 1.807) is 36.3 Å². The number of pyridine rings is 2. The van der Waals surface area contributed by atoms with E-state index in [1.165, 1.54) is 36.1 Å². The molecule has 1 unspecified atom stereocenters. The predicted molar refractivity (Wildman–Crippen MR) is 267 cm³/mol. The second kappa shape index (κ2) is 19.7. The van der Waals surface area contributed by atoms with E-state index in [9.17, 15) is 23.6 Å². The van der Waals surface area contributed by atoms with Crippen LogP contribution in [0.1, 0.15) is 95.1 Å². The summed E-state index contributed by atoms with van der Waals surface area (Å²) in [4.78, 5) is 61.8. The molecule has 2 saturated heterocycles. The summed E-state index contributed by atoms with van der Waals surface area (Å²) in [6.45, 7) is 8.55. The summed E-state index contributed by atoms with van der Waals surface area (Å²) in [5.74, 6) is -1.93. The number of piperidine rings is 2. The maximum Gasteiger partial charge on any atom is 0.257 e. The lowest BCUT2D eigenvalue weighted by atomic mass is 9.88. The Kier molecular flexibility index (Phi) is 13.3. The SMILES string of the molecule is CNc1cc(=O)n(-c2ccnc3c2cc([C@H](C)N2CC=C(c4c(C)cc(C(=O)N5CCn6nc(CN7CCC(c8cc(OC)c(NC9CCC(=O)NC9=O)cc8F)CC7)cc6C5)cc4F)CC2)n3C)cc1F. The molecule has 4 aliphatic heterocycles. The van der Waals surface area contributed by atoms with E-state index in [0.717, 1.165) is 54.0 Å². The topological polar surface area (TPSA) is 164 Å². The lowest BCUT2D eigenvalue weighted by Gasteiger charge is -2.32. The van der Waals surface area contributed by atoms with Crippen LogP contribution in [-0.2, 0) is 36.3 Å². The third-order valence-electron chi connectivity index (χ3n) is 15.0. The summed E-state index contributed by atoms with van der Waals surface area (Å²) in [5.41, 5.74) is 7.05. The van der Waals surface area contributed by atoms with Crippen LogP contribution in [0.15, 0.2) is 71.8 Å². The molecule has 10 rings (SSSR count). The van der Waals surface area contributed by atoms with Crippen molar-refractivity contribution in [1.29, 1.82) is 0 Å². The normalized spacial score (nSPS) is 18.5. The Morgan fingerprint density at radius 1 is 0.931 bits per heavy atom. The van der Waals surface area contributed by atoms with Crippen molar-refractivity contribution in [3.8, 4) is 11.4 Å². The Morgan fingerprint density at radius 3 is 2.46 bits per heavy atom. The summed E-state index contributed by atoms with van der Waals surface area (Å²) < 4.78 is 57.4. The molecule has 0 spiro atoms. The van der Waals surface area contributed by atoms with Gasteiger partial charge in [-0.3, -0.25) is 43.5 Å². The highest BCUT2D eigenvalue weighted by Crippen LogP contribution is 2.38. The Bertz CT molecular complexity index is 3200. The van der Waals surface area contributed by atoms with E-state index in [1.807, 2.05) is 35.4 Å². The van der Waals surface area contributed by atoms with E-state index in [4.69, 9.17) is 9.84 Å². The fraction of sp³-hybridized carbons (Fsp3) is 0.396. The number of likely N-dealkylation sites (tertiary alicyclic amines) is 1. The maximum absolute atomic E-state index is 16.2. The molecule has 2 fully saturated rings. The van der Waals surface area contributed by atoms with Crippen molar-refractivity contribution in [3.05, 3.63) is 134 Å². The Morgan fingerprint density at radius 2 is 1.74 bits per heavy atom. The van der Waals surface area contributed by atoms with E-state index in [2.05, 4.69) is 43.7 Å². The molecule has 72 heavy (non-hydrogen) atoms. The molecule has 3 N–H and O–H groups in total. The highest BCUT2D eigenvalue weighted by atomic mass is 19.1. The minimum Gasteiger partial charge on any atom is -0.495 e. The Labute approximate surface area is 414 Å². The minimum absolute atomic E-state index is 0.0220. The highest BCUT2D eigenvalue weighted by Gasteiger charge is 2.31. The van der Waals surface area contributed by atoms with Gasteiger partial charge >= 0.3 is 0 Å². The summed E-state index contributed by atoms with van der Waals surface area (Å²) in [7, 11) is 5.00. The number of ether oxygens (including phenoxy) is 1. The molecule has 8 heterocycles. The zero-order chi connectivity index (χ0) is 50.5. The molecule has 0 bridgehead atoms. The molecule has 0 saturated carbocycles. The molecule has 19 heteroatoms. The van der Waals surface area contributed by atoms with Crippen LogP contribution in [0.25, 0.3) is 22.3 Å². The molecule has 2 aromatic carbocycles. The molecule has 376 valence electrons. The number of rotatable bonds is 12. The van der Waals surface area contributed by atoms with Gasteiger partial charge in [0.15, 0.2) is 5.82 Å². The lowest BCUT2D eigenvalue weighted by Crippen LogP contribution is -2.47. The number of aromatic nitrogens is 5. The summed E-state index contributed by atoms with van der Waals surface area (Å²) in [6, 6.07) is 12.5. The van der Waals surface area contributed by atoms with Gasteiger partial charge in [-0.15, -0.1) is 0 Å². The Hall–Kier alpha value is -7.25. The van der Waals surface area contributed by atoms with Crippen molar-refractivity contribution in [2.24, 2.45) is 7.05 Å². The number of carbonyl (C=O) groups is 3. The summed E-state index contributed by atoms with van der Waals surface area (Å²) >= 11 is 0. The number of anilines is 2. The van der Waals surface area contributed by atoms with Crippen LogP contribution in [0.2, 0.25) is 0 Å². The van der Waals surface area contributed by atoms with Crippen molar-refractivity contribution in [2.75, 3.05) is 57.5 Å². The van der Waals surface area contributed by atoms with Gasteiger partial charge in [-0.05, 0) is 112 Å². The number of nitrogens with one attached hydrogen (secondary N) is 3.